The van der Waals surface area contributed by atoms with Crippen molar-refractivity contribution in [3.8, 4) is 0 Å². The molecule has 5 heteroatoms. The number of halogens is 1. The second kappa shape index (κ2) is 4.46. The average molecular weight is 311 g/mol. The smallest absolute Gasteiger partial charge is 0.407 e. The van der Waals surface area contributed by atoms with Gasteiger partial charge in [0.1, 0.15) is 0 Å². The van der Waals surface area contributed by atoms with Gasteiger partial charge >= 0.3 is 6.09 Å². The number of amides is 1. The van der Waals surface area contributed by atoms with E-state index in [1.807, 2.05) is 12.1 Å². The third-order valence-electron chi connectivity index (χ3n) is 3.97. The number of fused-ring (bicyclic) bond motifs is 3. The van der Waals surface area contributed by atoms with Crippen LogP contribution in [0.2, 0.25) is 0 Å². The predicted octanol–water partition coefficient (Wildman–Crippen LogP) is 2.96. The Hall–Kier alpha value is -1.23. The molecule has 1 amide bonds. The second-order valence-corrected chi connectivity index (χ2v) is 5.83. The molecular formula is C13H15BrN2O2. The second-order valence-electron chi connectivity index (χ2n) is 4.97. The van der Waals surface area contributed by atoms with Crippen LogP contribution in [0, 0.1) is 5.92 Å². The number of hydrogen-bond acceptors (Lipinski definition) is 2. The van der Waals surface area contributed by atoms with Gasteiger partial charge < -0.3 is 15.3 Å². The lowest BCUT2D eigenvalue weighted by Crippen LogP contribution is -2.27. The Morgan fingerprint density at radius 1 is 1.44 bits per heavy atom. The van der Waals surface area contributed by atoms with Crippen LogP contribution in [0.5, 0.6) is 0 Å². The summed E-state index contributed by atoms with van der Waals surface area (Å²) in [6, 6.07) is 6.16. The molecule has 0 bridgehead atoms. The van der Waals surface area contributed by atoms with Gasteiger partial charge in [0, 0.05) is 30.0 Å². The molecule has 1 saturated heterocycles. The van der Waals surface area contributed by atoms with E-state index in [-0.39, 0.29) is 0 Å². The summed E-state index contributed by atoms with van der Waals surface area (Å²) in [5.41, 5.74) is 2.38. The minimum Gasteiger partial charge on any atom is -0.465 e. The molecule has 2 atom stereocenters. The molecule has 4 nitrogen and oxygen atoms in total. The Balaban J connectivity index is 1.99. The molecule has 0 spiro atoms. The Kier molecular flexibility index (Phi) is 2.93. The molecule has 1 fully saturated rings. The highest BCUT2D eigenvalue weighted by atomic mass is 79.9. The molecule has 1 aromatic rings. The number of carboxylic acid groups (broad SMARTS) is 1. The van der Waals surface area contributed by atoms with Crippen LogP contribution < -0.4 is 5.32 Å². The summed E-state index contributed by atoms with van der Waals surface area (Å²) in [6.07, 6.45) is 0.225. The number of hydrogen-bond donors (Lipinski definition) is 2. The van der Waals surface area contributed by atoms with E-state index in [1.165, 1.54) is 5.56 Å². The standard InChI is InChI=1S/C13H15BrN2O2/c14-11-3-1-2-9-10-7-16(13(17)18)6-8(10)4-5-15-12(9)11/h1-3,8,10,15H,4-7H2,(H,17,18)/t8-,10-/m0/s1. The number of para-hydroxylation sites is 1. The lowest BCUT2D eigenvalue weighted by Gasteiger charge is -2.17. The molecular weight excluding hydrogens is 296 g/mol. The largest absolute Gasteiger partial charge is 0.465 e. The topological polar surface area (TPSA) is 52.6 Å². The molecule has 3 rings (SSSR count). The quantitative estimate of drug-likeness (QED) is 0.774. The van der Waals surface area contributed by atoms with Crippen LogP contribution in [-0.2, 0) is 0 Å². The predicted molar refractivity (Wildman–Crippen MR) is 73.1 cm³/mol. The molecule has 18 heavy (non-hydrogen) atoms. The number of nitrogens with one attached hydrogen (secondary N) is 1. The summed E-state index contributed by atoms with van der Waals surface area (Å²) in [7, 11) is 0. The summed E-state index contributed by atoms with van der Waals surface area (Å²) in [6.45, 7) is 2.18. The van der Waals surface area contributed by atoms with Gasteiger partial charge in [-0.3, -0.25) is 0 Å². The van der Waals surface area contributed by atoms with Crippen molar-refractivity contribution in [2.24, 2.45) is 5.92 Å². The van der Waals surface area contributed by atoms with E-state index in [0.717, 1.165) is 23.1 Å². The van der Waals surface area contributed by atoms with Gasteiger partial charge in [0.2, 0.25) is 0 Å². The number of rotatable bonds is 0. The number of likely N-dealkylation sites (tertiary alicyclic amines) is 1. The van der Waals surface area contributed by atoms with Crippen molar-refractivity contribution in [3.63, 3.8) is 0 Å². The van der Waals surface area contributed by atoms with Gasteiger partial charge in [-0.2, -0.15) is 0 Å². The minimum absolute atomic E-state index is 0.323. The molecule has 0 unspecified atom stereocenters. The fourth-order valence-corrected chi connectivity index (χ4v) is 3.61. The van der Waals surface area contributed by atoms with Crippen molar-refractivity contribution in [1.29, 1.82) is 0 Å². The lowest BCUT2D eigenvalue weighted by molar-refractivity contribution is 0.153. The fraction of sp³-hybridized carbons (Fsp3) is 0.462. The van der Waals surface area contributed by atoms with Crippen LogP contribution in [0.25, 0.3) is 0 Å². The summed E-state index contributed by atoms with van der Waals surface area (Å²) < 4.78 is 1.06. The molecule has 2 heterocycles. The van der Waals surface area contributed by atoms with E-state index in [2.05, 4.69) is 27.3 Å². The normalized spacial score (nSPS) is 25.9. The van der Waals surface area contributed by atoms with E-state index in [1.54, 1.807) is 4.90 Å². The monoisotopic (exact) mass is 310 g/mol. The van der Waals surface area contributed by atoms with Crippen LogP contribution in [0.1, 0.15) is 17.9 Å². The molecule has 2 aliphatic rings. The highest BCUT2D eigenvalue weighted by Gasteiger charge is 2.38. The van der Waals surface area contributed by atoms with Crippen LogP contribution in [-0.4, -0.2) is 35.7 Å². The lowest BCUT2D eigenvalue weighted by atomic mass is 9.87. The zero-order valence-corrected chi connectivity index (χ0v) is 11.5. The Morgan fingerprint density at radius 3 is 3.06 bits per heavy atom. The molecule has 0 aromatic heterocycles. The van der Waals surface area contributed by atoms with Gasteiger partial charge in [-0.15, -0.1) is 0 Å². The molecule has 0 aliphatic carbocycles. The number of anilines is 1. The Labute approximate surface area is 114 Å². The summed E-state index contributed by atoms with van der Waals surface area (Å²) >= 11 is 3.57. The summed E-state index contributed by atoms with van der Waals surface area (Å²) in [5.74, 6) is 0.757. The maximum Gasteiger partial charge on any atom is 0.407 e. The zero-order valence-electron chi connectivity index (χ0n) is 9.90. The summed E-state index contributed by atoms with van der Waals surface area (Å²) in [5, 5.41) is 12.6. The number of nitrogens with zero attached hydrogens (tertiary/aromatic N) is 1. The van der Waals surface area contributed by atoms with Crippen LogP contribution in [0.15, 0.2) is 22.7 Å². The Bertz CT molecular complexity index is 492. The van der Waals surface area contributed by atoms with Crippen molar-refractivity contribution in [2.75, 3.05) is 25.0 Å². The molecule has 2 aliphatic heterocycles. The third-order valence-corrected chi connectivity index (χ3v) is 4.63. The van der Waals surface area contributed by atoms with Crippen molar-refractivity contribution in [1.82, 2.24) is 4.90 Å². The highest BCUT2D eigenvalue weighted by molar-refractivity contribution is 9.10. The SMILES string of the molecule is O=C(O)N1C[C@@H]2CCNc3c(Br)cccc3[C@H]2C1. The third kappa shape index (κ3) is 1.86. The molecule has 96 valence electrons. The van der Waals surface area contributed by atoms with Crippen molar-refractivity contribution >= 4 is 27.7 Å². The van der Waals surface area contributed by atoms with Crippen molar-refractivity contribution in [3.05, 3.63) is 28.2 Å². The van der Waals surface area contributed by atoms with E-state index in [9.17, 15) is 4.79 Å². The van der Waals surface area contributed by atoms with Gasteiger partial charge in [0.05, 0.1) is 5.69 Å². The van der Waals surface area contributed by atoms with Crippen LogP contribution in [0.3, 0.4) is 0 Å². The van der Waals surface area contributed by atoms with Gasteiger partial charge in [0.15, 0.2) is 0 Å². The number of carbonyl (C=O) groups is 1. The maximum absolute atomic E-state index is 11.1. The van der Waals surface area contributed by atoms with E-state index in [0.29, 0.717) is 24.9 Å². The van der Waals surface area contributed by atoms with E-state index in [4.69, 9.17) is 5.11 Å². The minimum atomic E-state index is -0.799. The molecule has 1 aromatic carbocycles. The molecule has 0 saturated carbocycles. The first-order chi connectivity index (χ1) is 8.66. The first-order valence-electron chi connectivity index (χ1n) is 6.17. The first kappa shape index (κ1) is 11.8. The fourth-order valence-electron chi connectivity index (χ4n) is 3.09. The van der Waals surface area contributed by atoms with E-state index >= 15 is 0 Å². The average Bonchev–Trinajstić information content (AvgIpc) is 2.68. The highest BCUT2D eigenvalue weighted by Crippen LogP contribution is 2.42. The van der Waals surface area contributed by atoms with Crippen molar-refractivity contribution < 1.29 is 9.90 Å². The van der Waals surface area contributed by atoms with Crippen LogP contribution >= 0.6 is 15.9 Å². The number of benzene rings is 1. The zero-order chi connectivity index (χ0) is 12.7. The molecule has 0 radical (unpaired) electrons. The first-order valence-corrected chi connectivity index (χ1v) is 6.96. The maximum atomic E-state index is 11.1. The van der Waals surface area contributed by atoms with Gasteiger partial charge in [0.25, 0.3) is 0 Å². The molecule has 2 N–H and O–H groups in total. The Morgan fingerprint density at radius 2 is 2.28 bits per heavy atom. The van der Waals surface area contributed by atoms with Crippen molar-refractivity contribution in [2.45, 2.75) is 12.3 Å². The van der Waals surface area contributed by atoms with Crippen LogP contribution in [0.4, 0.5) is 10.5 Å². The van der Waals surface area contributed by atoms with Gasteiger partial charge in [-0.25, -0.2) is 4.79 Å². The van der Waals surface area contributed by atoms with E-state index < -0.39 is 6.09 Å². The van der Waals surface area contributed by atoms with Gasteiger partial charge in [-0.05, 0) is 39.9 Å². The summed E-state index contributed by atoms with van der Waals surface area (Å²) in [4.78, 5) is 12.7. The van der Waals surface area contributed by atoms with Gasteiger partial charge in [-0.1, -0.05) is 12.1 Å².